The summed E-state index contributed by atoms with van der Waals surface area (Å²) in [6, 6.07) is 23.6. The molecule has 2 N–H and O–H groups in total. The number of benzene rings is 3. The van der Waals surface area contributed by atoms with E-state index in [1.54, 1.807) is 95.3 Å². The molecule has 1 aromatic heterocycles. The molecule has 0 saturated heterocycles. The van der Waals surface area contributed by atoms with E-state index in [1.807, 2.05) is 23.6 Å². The molecular formula is C33H35N3O6S2. The van der Waals surface area contributed by atoms with E-state index in [1.165, 1.54) is 24.3 Å². The monoisotopic (exact) mass is 633 g/mol. The van der Waals surface area contributed by atoms with Gasteiger partial charge >= 0.3 is 12.2 Å². The second-order valence-corrected chi connectivity index (χ2v) is 14.9. The quantitative estimate of drug-likeness (QED) is 0.219. The van der Waals surface area contributed by atoms with Crippen molar-refractivity contribution in [3.63, 3.8) is 0 Å². The van der Waals surface area contributed by atoms with Gasteiger partial charge in [-0.25, -0.2) is 13.8 Å². The van der Waals surface area contributed by atoms with E-state index >= 15 is 0 Å². The van der Waals surface area contributed by atoms with Gasteiger partial charge in [0, 0.05) is 10.4 Å². The number of hydrogen-bond donors (Lipinski definition) is 2. The predicted octanol–water partition coefficient (Wildman–Crippen LogP) is 8.84. The lowest BCUT2D eigenvalue weighted by Crippen LogP contribution is -2.27. The minimum atomic E-state index is -3.43. The Morgan fingerprint density at radius 3 is 1.95 bits per heavy atom. The van der Waals surface area contributed by atoms with Gasteiger partial charge in [-0.1, -0.05) is 30.3 Å². The number of hydrogen-bond acceptors (Lipinski definition) is 7. The molecule has 3 aromatic carbocycles. The van der Waals surface area contributed by atoms with Crippen LogP contribution in [0.25, 0.3) is 10.4 Å². The maximum Gasteiger partial charge on any atom is 0.442 e. The van der Waals surface area contributed by atoms with Gasteiger partial charge in [0.15, 0.2) is 0 Å². The molecule has 0 fully saturated rings. The molecule has 1 unspecified atom stereocenters. The van der Waals surface area contributed by atoms with Crippen molar-refractivity contribution in [3.05, 3.63) is 95.9 Å². The SMILES string of the molecule is CC(C)(C)OC(=O)N=S(=O)(c1ccccc1)c1ccc(C(=O)Nc2cc(-c3cccs3)ccc2NC(=O)OC(C)(C)C)cc1. The van der Waals surface area contributed by atoms with Crippen LogP contribution in [0.1, 0.15) is 51.9 Å². The summed E-state index contributed by atoms with van der Waals surface area (Å²) in [4.78, 5) is 40.1. The van der Waals surface area contributed by atoms with Crippen LogP contribution in [0.5, 0.6) is 0 Å². The molecule has 9 nitrogen and oxygen atoms in total. The maximum absolute atomic E-state index is 14.2. The van der Waals surface area contributed by atoms with Crippen molar-refractivity contribution in [2.24, 2.45) is 4.36 Å². The molecular weight excluding hydrogens is 599 g/mol. The summed E-state index contributed by atoms with van der Waals surface area (Å²) < 4.78 is 28.9. The maximum atomic E-state index is 14.2. The molecule has 0 aliphatic rings. The van der Waals surface area contributed by atoms with Crippen molar-refractivity contribution in [3.8, 4) is 10.4 Å². The van der Waals surface area contributed by atoms with Crippen LogP contribution in [0.3, 0.4) is 0 Å². The smallest absolute Gasteiger partial charge is 0.442 e. The molecule has 0 aliphatic heterocycles. The molecule has 0 radical (unpaired) electrons. The Bertz CT molecular complexity index is 1760. The van der Waals surface area contributed by atoms with Gasteiger partial charge in [-0.2, -0.15) is 0 Å². The molecule has 3 amide bonds. The van der Waals surface area contributed by atoms with Crippen molar-refractivity contribution in [2.45, 2.75) is 62.5 Å². The Balaban J connectivity index is 1.65. The average molecular weight is 634 g/mol. The number of amides is 3. The van der Waals surface area contributed by atoms with Gasteiger partial charge < -0.3 is 14.8 Å². The second-order valence-electron chi connectivity index (χ2n) is 11.8. The molecule has 230 valence electrons. The summed E-state index contributed by atoms with van der Waals surface area (Å²) >= 11 is 1.54. The molecule has 44 heavy (non-hydrogen) atoms. The third kappa shape index (κ3) is 8.55. The third-order valence-electron chi connectivity index (χ3n) is 5.80. The summed E-state index contributed by atoms with van der Waals surface area (Å²) in [5, 5.41) is 7.53. The van der Waals surface area contributed by atoms with E-state index in [4.69, 9.17) is 9.47 Å². The van der Waals surface area contributed by atoms with Crippen LogP contribution in [0.2, 0.25) is 0 Å². The number of anilines is 2. The minimum Gasteiger partial charge on any atom is -0.444 e. The summed E-state index contributed by atoms with van der Waals surface area (Å²) in [6.45, 7) is 10.4. The first-order valence-electron chi connectivity index (χ1n) is 13.8. The van der Waals surface area contributed by atoms with Crippen LogP contribution in [-0.2, 0) is 19.2 Å². The zero-order chi connectivity index (χ0) is 32.1. The summed E-state index contributed by atoms with van der Waals surface area (Å²) in [7, 11) is -3.43. The lowest BCUT2D eigenvalue weighted by atomic mass is 10.1. The summed E-state index contributed by atoms with van der Waals surface area (Å²) in [5.74, 6) is -0.470. The van der Waals surface area contributed by atoms with Gasteiger partial charge in [0.1, 0.15) is 20.9 Å². The largest absolute Gasteiger partial charge is 0.444 e. The number of nitrogens with one attached hydrogen (secondary N) is 2. The molecule has 0 saturated carbocycles. The third-order valence-corrected chi connectivity index (χ3v) is 8.95. The summed E-state index contributed by atoms with van der Waals surface area (Å²) in [6.07, 6.45) is -1.62. The Morgan fingerprint density at radius 1 is 0.727 bits per heavy atom. The fourth-order valence-corrected chi connectivity index (χ4v) is 6.47. The molecule has 1 atom stereocenters. The van der Waals surface area contributed by atoms with Crippen LogP contribution in [0, 0.1) is 0 Å². The van der Waals surface area contributed by atoms with Gasteiger partial charge in [0.05, 0.1) is 21.2 Å². The number of nitrogens with zero attached hydrogens (tertiary/aromatic N) is 1. The van der Waals surface area contributed by atoms with Gasteiger partial charge in [-0.15, -0.1) is 15.7 Å². The normalized spacial score (nSPS) is 12.9. The van der Waals surface area contributed by atoms with Crippen LogP contribution in [0.15, 0.2) is 104 Å². The zero-order valence-corrected chi connectivity index (χ0v) is 27.0. The first-order chi connectivity index (χ1) is 20.6. The molecule has 4 rings (SSSR count). The molecule has 0 aliphatic carbocycles. The highest BCUT2D eigenvalue weighted by Gasteiger charge is 2.23. The van der Waals surface area contributed by atoms with Crippen LogP contribution in [0.4, 0.5) is 21.0 Å². The molecule has 0 bridgehead atoms. The highest BCUT2D eigenvalue weighted by molar-refractivity contribution is 7.94. The van der Waals surface area contributed by atoms with Crippen molar-refractivity contribution in [1.82, 2.24) is 0 Å². The fourth-order valence-electron chi connectivity index (χ4n) is 3.98. The Kier molecular flexibility index (Phi) is 9.60. The number of carbonyl (C=O) groups excluding carboxylic acids is 3. The van der Waals surface area contributed by atoms with Gasteiger partial charge in [0.25, 0.3) is 5.91 Å². The highest BCUT2D eigenvalue weighted by Crippen LogP contribution is 2.33. The Morgan fingerprint density at radius 2 is 1.36 bits per heavy atom. The lowest BCUT2D eigenvalue weighted by molar-refractivity contribution is 0.0603. The average Bonchev–Trinajstić information content (AvgIpc) is 3.47. The van der Waals surface area contributed by atoms with Crippen LogP contribution >= 0.6 is 11.3 Å². The highest BCUT2D eigenvalue weighted by atomic mass is 32.2. The van der Waals surface area contributed by atoms with Crippen molar-refractivity contribution < 1.29 is 28.1 Å². The predicted molar refractivity (Wildman–Crippen MR) is 174 cm³/mol. The van der Waals surface area contributed by atoms with Crippen LogP contribution < -0.4 is 10.6 Å². The van der Waals surface area contributed by atoms with Crippen molar-refractivity contribution in [2.75, 3.05) is 10.6 Å². The van der Waals surface area contributed by atoms with E-state index in [9.17, 15) is 18.6 Å². The zero-order valence-electron chi connectivity index (χ0n) is 25.4. The van der Waals surface area contributed by atoms with Crippen molar-refractivity contribution >= 4 is 50.5 Å². The number of rotatable bonds is 6. The van der Waals surface area contributed by atoms with E-state index in [2.05, 4.69) is 15.0 Å². The fraction of sp³-hybridized carbons (Fsp3) is 0.242. The van der Waals surface area contributed by atoms with Crippen molar-refractivity contribution in [1.29, 1.82) is 0 Å². The number of thiophene rings is 1. The standard InChI is InChI=1S/C33H35N3O6S2/c1-32(2,3)41-30(38)35-26-19-16-23(28-13-10-20-43-28)21-27(26)34-29(37)22-14-17-25(18-15-22)44(40,24-11-8-7-9-12-24)36-31(39)42-33(4,5)6/h7-21H,1-6H3,(H,34,37)(H,35,38). The topological polar surface area (TPSA) is 123 Å². The Labute approximate surface area is 261 Å². The van der Waals surface area contributed by atoms with Crippen LogP contribution in [-0.4, -0.2) is 33.5 Å². The Hall–Kier alpha value is -4.48. The minimum absolute atomic E-state index is 0.234. The summed E-state index contributed by atoms with van der Waals surface area (Å²) in [5.41, 5.74) is 0.298. The van der Waals surface area contributed by atoms with E-state index < -0.39 is 39.0 Å². The van der Waals surface area contributed by atoms with E-state index in [-0.39, 0.29) is 10.5 Å². The second kappa shape index (κ2) is 13.0. The molecule has 0 spiro atoms. The van der Waals surface area contributed by atoms with Gasteiger partial charge in [-0.05, 0) is 107 Å². The van der Waals surface area contributed by atoms with E-state index in [0.717, 1.165) is 10.4 Å². The lowest BCUT2D eigenvalue weighted by Gasteiger charge is -2.21. The number of carbonyl (C=O) groups is 3. The van der Waals surface area contributed by atoms with E-state index in [0.29, 0.717) is 16.3 Å². The molecule has 1 heterocycles. The molecule has 11 heteroatoms. The molecule has 4 aromatic rings. The first-order valence-corrected chi connectivity index (χ1v) is 16.2. The first kappa shape index (κ1) is 32.4. The van der Waals surface area contributed by atoms with Gasteiger partial charge in [0.2, 0.25) is 0 Å². The number of ether oxygens (including phenoxy) is 2. The van der Waals surface area contributed by atoms with Gasteiger partial charge in [-0.3, -0.25) is 10.1 Å².